The molecule has 0 fully saturated rings. The highest BCUT2D eigenvalue weighted by Gasteiger charge is 2.37. The van der Waals surface area contributed by atoms with E-state index in [2.05, 4.69) is 15.3 Å². The number of aryl methyl sites for hydroxylation is 2. The molecule has 35 heavy (non-hydrogen) atoms. The SMILES string of the molecule is CCOC(=O)C1=C(Nc2ccc(CCC(O)CO)cc2C)O/C(=C\c2c[nH]c3ncccc23)C1=O. The van der Waals surface area contributed by atoms with E-state index >= 15 is 0 Å². The van der Waals surface area contributed by atoms with Crippen LogP contribution in [0.15, 0.2) is 59.9 Å². The van der Waals surface area contributed by atoms with Gasteiger partial charge < -0.3 is 30.0 Å². The molecule has 0 bridgehead atoms. The van der Waals surface area contributed by atoms with Gasteiger partial charge in [0.05, 0.1) is 19.3 Å². The maximum atomic E-state index is 13.1. The number of H-pyrrole nitrogens is 1. The third-order valence-electron chi connectivity index (χ3n) is 5.66. The minimum absolute atomic E-state index is 0.00391. The van der Waals surface area contributed by atoms with Crippen LogP contribution in [0.5, 0.6) is 0 Å². The summed E-state index contributed by atoms with van der Waals surface area (Å²) in [6, 6.07) is 9.28. The zero-order chi connectivity index (χ0) is 24.9. The first-order valence-electron chi connectivity index (χ1n) is 11.3. The summed E-state index contributed by atoms with van der Waals surface area (Å²) in [5.41, 5.74) is 3.66. The van der Waals surface area contributed by atoms with E-state index in [9.17, 15) is 14.7 Å². The van der Waals surface area contributed by atoms with Crippen molar-refractivity contribution < 1.29 is 29.3 Å². The number of hydrogen-bond donors (Lipinski definition) is 4. The molecule has 0 amide bonds. The van der Waals surface area contributed by atoms with E-state index in [1.165, 1.54) is 0 Å². The van der Waals surface area contributed by atoms with Crippen molar-refractivity contribution in [2.45, 2.75) is 32.8 Å². The van der Waals surface area contributed by atoms with Crippen LogP contribution in [0, 0.1) is 6.92 Å². The smallest absolute Gasteiger partial charge is 0.347 e. The van der Waals surface area contributed by atoms with Gasteiger partial charge in [-0.1, -0.05) is 12.1 Å². The maximum Gasteiger partial charge on any atom is 0.347 e. The molecule has 0 saturated heterocycles. The molecule has 1 unspecified atom stereocenters. The molecule has 9 nitrogen and oxygen atoms in total. The molecule has 4 N–H and O–H groups in total. The molecule has 9 heteroatoms. The average molecular weight is 478 g/mol. The number of esters is 1. The molecule has 2 aromatic heterocycles. The molecule has 4 rings (SSSR count). The van der Waals surface area contributed by atoms with Crippen LogP contribution in [-0.4, -0.2) is 51.3 Å². The number of carbonyl (C=O) groups is 2. The number of nitrogens with one attached hydrogen (secondary N) is 2. The van der Waals surface area contributed by atoms with E-state index in [1.54, 1.807) is 31.5 Å². The summed E-state index contributed by atoms with van der Waals surface area (Å²) in [7, 11) is 0. The number of aliphatic hydroxyl groups is 2. The molecule has 0 aliphatic carbocycles. The Balaban J connectivity index is 1.61. The minimum atomic E-state index is -0.767. The van der Waals surface area contributed by atoms with Gasteiger partial charge in [-0.05, 0) is 62.1 Å². The van der Waals surface area contributed by atoms with Crippen LogP contribution >= 0.6 is 0 Å². The molecule has 3 heterocycles. The zero-order valence-electron chi connectivity index (χ0n) is 19.5. The van der Waals surface area contributed by atoms with Gasteiger partial charge in [-0.15, -0.1) is 0 Å². The number of carbonyl (C=O) groups excluding carboxylic acids is 2. The third kappa shape index (κ3) is 5.26. The number of benzene rings is 1. The van der Waals surface area contributed by atoms with Crippen molar-refractivity contribution >= 4 is 34.5 Å². The number of aromatic nitrogens is 2. The number of ether oxygens (including phenoxy) is 2. The molecular weight excluding hydrogens is 450 g/mol. The van der Waals surface area contributed by atoms with Crippen molar-refractivity contribution in [2.75, 3.05) is 18.5 Å². The third-order valence-corrected chi connectivity index (χ3v) is 5.66. The number of nitrogens with zero attached hydrogens (tertiary/aromatic N) is 1. The predicted octanol–water partition coefficient (Wildman–Crippen LogP) is 2.98. The lowest BCUT2D eigenvalue weighted by molar-refractivity contribution is -0.139. The van der Waals surface area contributed by atoms with Crippen LogP contribution in [-0.2, 0) is 25.5 Å². The molecule has 1 aliphatic rings. The normalized spacial score (nSPS) is 15.5. The van der Waals surface area contributed by atoms with Crippen LogP contribution in [0.4, 0.5) is 5.69 Å². The fraction of sp³-hybridized carbons (Fsp3) is 0.269. The molecule has 0 saturated carbocycles. The Hall–Kier alpha value is -3.95. The van der Waals surface area contributed by atoms with Crippen molar-refractivity contribution in [3.63, 3.8) is 0 Å². The minimum Gasteiger partial charge on any atom is -0.462 e. The van der Waals surface area contributed by atoms with Gasteiger partial charge in [0.25, 0.3) is 0 Å². The van der Waals surface area contributed by atoms with Crippen molar-refractivity contribution in [1.82, 2.24) is 9.97 Å². The number of rotatable bonds is 9. The van der Waals surface area contributed by atoms with Crippen LogP contribution in [0.3, 0.4) is 0 Å². The lowest BCUT2D eigenvalue weighted by Gasteiger charge is -2.13. The summed E-state index contributed by atoms with van der Waals surface area (Å²) in [5, 5.41) is 22.5. The Morgan fingerprint density at radius 3 is 2.91 bits per heavy atom. The van der Waals surface area contributed by atoms with Gasteiger partial charge in [0.2, 0.25) is 11.7 Å². The van der Waals surface area contributed by atoms with Crippen molar-refractivity contribution in [3.05, 3.63) is 76.6 Å². The summed E-state index contributed by atoms with van der Waals surface area (Å²) in [6.45, 7) is 3.38. The highest BCUT2D eigenvalue weighted by Crippen LogP contribution is 2.31. The van der Waals surface area contributed by atoms with Gasteiger partial charge in [-0.3, -0.25) is 4.79 Å². The highest BCUT2D eigenvalue weighted by molar-refractivity contribution is 6.26. The van der Waals surface area contributed by atoms with Crippen LogP contribution in [0.25, 0.3) is 17.1 Å². The van der Waals surface area contributed by atoms with Gasteiger partial charge in [-0.2, -0.15) is 0 Å². The standard InChI is InChI=1S/C26H27N3O6/c1-3-34-26(33)22-23(32)21(12-17-13-28-24-19(17)5-4-10-27-24)35-25(22)29-20-9-7-16(11-15(20)2)6-8-18(31)14-30/h4-5,7,9-13,18,29-31H,3,6,8,14H2,1-2H3,(H,27,28)/b21-12-. The number of allylic oxidation sites excluding steroid dienone is 1. The zero-order valence-corrected chi connectivity index (χ0v) is 19.5. The number of hydrogen-bond acceptors (Lipinski definition) is 8. The van der Waals surface area contributed by atoms with E-state index in [4.69, 9.17) is 14.6 Å². The summed E-state index contributed by atoms with van der Waals surface area (Å²) in [4.78, 5) is 33.1. The molecule has 1 atom stereocenters. The van der Waals surface area contributed by atoms with Crippen LogP contribution in [0.1, 0.15) is 30.0 Å². The fourth-order valence-electron chi connectivity index (χ4n) is 3.81. The van der Waals surface area contributed by atoms with Gasteiger partial charge >= 0.3 is 5.97 Å². The number of aromatic amines is 1. The van der Waals surface area contributed by atoms with Crippen LogP contribution in [0.2, 0.25) is 0 Å². The Morgan fingerprint density at radius 1 is 1.34 bits per heavy atom. The lowest BCUT2D eigenvalue weighted by atomic mass is 10.0. The van der Waals surface area contributed by atoms with Crippen molar-refractivity contribution in [1.29, 1.82) is 0 Å². The summed E-state index contributed by atoms with van der Waals surface area (Å²) in [6.07, 6.45) is 5.22. The maximum absolute atomic E-state index is 13.1. The fourth-order valence-corrected chi connectivity index (χ4v) is 3.81. The van der Waals surface area contributed by atoms with Gasteiger partial charge in [0.1, 0.15) is 5.65 Å². The molecule has 3 aromatic rings. The largest absolute Gasteiger partial charge is 0.462 e. The van der Waals surface area contributed by atoms with Crippen molar-refractivity contribution in [2.24, 2.45) is 0 Å². The summed E-state index contributed by atoms with van der Waals surface area (Å²) in [5.74, 6) is -1.34. The van der Waals surface area contributed by atoms with Crippen LogP contribution < -0.4 is 5.32 Å². The highest BCUT2D eigenvalue weighted by atomic mass is 16.5. The van der Waals surface area contributed by atoms with Gasteiger partial charge in [-0.25, -0.2) is 9.78 Å². The topological polar surface area (TPSA) is 134 Å². The molecule has 1 aliphatic heterocycles. The lowest BCUT2D eigenvalue weighted by Crippen LogP contribution is -2.16. The van der Waals surface area contributed by atoms with E-state index < -0.39 is 17.9 Å². The second-order valence-corrected chi connectivity index (χ2v) is 8.16. The van der Waals surface area contributed by atoms with E-state index in [-0.39, 0.29) is 30.4 Å². The van der Waals surface area contributed by atoms with Gasteiger partial charge in [0.15, 0.2) is 11.3 Å². The second kappa shape index (κ2) is 10.5. The monoisotopic (exact) mass is 477 g/mol. The number of aliphatic hydroxyl groups excluding tert-OH is 2. The first-order chi connectivity index (χ1) is 16.9. The molecule has 1 aromatic carbocycles. The average Bonchev–Trinajstić information content (AvgIpc) is 3.40. The predicted molar refractivity (Wildman–Crippen MR) is 130 cm³/mol. The van der Waals surface area contributed by atoms with E-state index in [0.29, 0.717) is 29.7 Å². The number of ketones is 1. The van der Waals surface area contributed by atoms with E-state index in [0.717, 1.165) is 16.5 Å². The Bertz CT molecular complexity index is 1320. The van der Waals surface area contributed by atoms with E-state index in [1.807, 2.05) is 31.2 Å². The molecule has 182 valence electrons. The number of anilines is 1. The Kier molecular flexibility index (Phi) is 7.28. The summed E-state index contributed by atoms with van der Waals surface area (Å²) >= 11 is 0. The quantitative estimate of drug-likeness (QED) is 0.210. The number of Topliss-reactive ketones (excluding diaryl/α,β-unsaturated/α-hetero) is 1. The van der Waals surface area contributed by atoms with Crippen molar-refractivity contribution in [3.8, 4) is 0 Å². The second-order valence-electron chi connectivity index (χ2n) is 8.16. The Morgan fingerprint density at radius 2 is 2.17 bits per heavy atom. The molecule has 0 radical (unpaired) electrons. The number of fused-ring (bicyclic) bond motifs is 1. The molecule has 0 spiro atoms. The Labute approximate surface area is 202 Å². The first-order valence-corrected chi connectivity index (χ1v) is 11.3. The number of pyridine rings is 1. The molecular formula is C26H27N3O6. The first kappa shape index (κ1) is 24.2. The van der Waals surface area contributed by atoms with Gasteiger partial charge in [0, 0.05) is 29.0 Å². The summed E-state index contributed by atoms with van der Waals surface area (Å²) < 4.78 is 10.9.